The average molecular weight is 329 g/mol. The van der Waals surface area contributed by atoms with E-state index in [2.05, 4.69) is 4.98 Å². The maximum absolute atomic E-state index is 12.7. The molecule has 0 radical (unpaired) electrons. The number of aromatic nitrogens is 2. The van der Waals surface area contributed by atoms with E-state index >= 15 is 0 Å². The van der Waals surface area contributed by atoms with Gasteiger partial charge < -0.3 is 18.9 Å². The summed E-state index contributed by atoms with van der Waals surface area (Å²) in [6.45, 7) is 3.74. The zero-order valence-electron chi connectivity index (χ0n) is 14.4. The molecule has 0 bridgehead atoms. The molecule has 1 aliphatic heterocycles. The van der Waals surface area contributed by atoms with Gasteiger partial charge in [0.15, 0.2) is 11.5 Å². The van der Waals surface area contributed by atoms with Gasteiger partial charge in [-0.15, -0.1) is 0 Å². The van der Waals surface area contributed by atoms with Crippen molar-refractivity contribution in [1.82, 2.24) is 14.5 Å². The van der Waals surface area contributed by atoms with Crippen molar-refractivity contribution in [3.8, 4) is 11.5 Å². The zero-order chi connectivity index (χ0) is 17.1. The van der Waals surface area contributed by atoms with Crippen LogP contribution < -0.4 is 9.47 Å². The van der Waals surface area contributed by atoms with Crippen molar-refractivity contribution in [2.75, 3.05) is 27.3 Å². The highest BCUT2D eigenvalue weighted by atomic mass is 16.5. The number of nitrogens with zero attached hydrogens (tertiary/aromatic N) is 3. The number of rotatable bonds is 5. The van der Waals surface area contributed by atoms with Crippen LogP contribution in [0.4, 0.5) is 0 Å². The quantitative estimate of drug-likeness (QED) is 0.841. The van der Waals surface area contributed by atoms with Gasteiger partial charge in [0.25, 0.3) is 0 Å². The molecule has 0 fully saturated rings. The molecule has 24 heavy (non-hydrogen) atoms. The maximum atomic E-state index is 12.7. The van der Waals surface area contributed by atoms with E-state index < -0.39 is 0 Å². The number of amides is 1. The zero-order valence-corrected chi connectivity index (χ0v) is 14.4. The lowest BCUT2D eigenvalue weighted by Gasteiger charge is -2.29. The van der Waals surface area contributed by atoms with Gasteiger partial charge in [-0.25, -0.2) is 4.98 Å². The van der Waals surface area contributed by atoms with E-state index in [1.54, 1.807) is 18.2 Å². The van der Waals surface area contributed by atoms with Crippen molar-refractivity contribution in [1.29, 1.82) is 0 Å². The Hall–Kier alpha value is -2.50. The number of imidazole rings is 1. The van der Waals surface area contributed by atoms with E-state index in [1.165, 1.54) is 0 Å². The number of aryl methyl sites for hydroxylation is 1. The Balaban J connectivity index is 1.62. The Labute approximate surface area is 142 Å². The number of para-hydroxylation sites is 1. The summed E-state index contributed by atoms with van der Waals surface area (Å²) >= 11 is 0. The molecule has 3 rings (SSSR count). The Bertz CT molecular complexity index is 726. The summed E-state index contributed by atoms with van der Waals surface area (Å²) in [5.41, 5.74) is 1.03. The molecule has 1 aromatic heterocycles. The van der Waals surface area contributed by atoms with E-state index in [9.17, 15) is 4.79 Å². The van der Waals surface area contributed by atoms with E-state index in [4.69, 9.17) is 9.47 Å². The van der Waals surface area contributed by atoms with E-state index in [0.717, 1.165) is 29.4 Å². The van der Waals surface area contributed by atoms with Crippen LogP contribution in [0.3, 0.4) is 0 Å². The van der Waals surface area contributed by atoms with Crippen molar-refractivity contribution < 1.29 is 14.3 Å². The van der Waals surface area contributed by atoms with Crippen LogP contribution in [-0.2, 0) is 17.8 Å². The Morgan fingerprint density at radius 1 is 1.50 bits per heavy atom. The molecule has 1 aliphatic rings. The molecule has 0 saturated carbocycles. The highest BCUT2D eigenvalue weighted by Crippen LogP contribution is 2.36. The maximum Gasteiger partial charge on any atom is 0.229 e. The van der Waals surface area contributed by atoms with Crippen molar-refractivity contribution in [3.63, 3.8) is 0 Å². The van der Waals surface area contributed by atoms with Gasteiger partial charge in [0, 0.05) is 32.5 Å². The van der Waals surface area contributed by atoms with Crippen LogP contribution in [-0.4, -0.2) is 47.7 Å². The van der Waals surface area contributed by atoms with Gasteiger partial charge in [0.05, 0.1) is 13.0 Å². The lowest BCUT2D eigenvalue weighted by atomic mass is 9.95. The predicted octanol–water partition coefficient (Wildman–Crippen LogP) is 1.91. The summed E-state index contributed by atoms with van der Waals surface area (Å²) < 4.78 is 13.2. The first kappa shape index (κ1) is 16.4. The molecule has 6 nitrogen and oxygen atoms in total. The first-order valence-electron chi connectivity index (χ1n) is 8.11. The van der Waals surface area contributed by atoms with E-state index in [0.29, 0.717) is 19.6 Å². The monoisotopic (exact) mass is 329 g/mol. The number of methoxy groups -OCH3 is 1. The Kier molecular flexibility index (Phi) is 4.74. The van der Waals surface area contributed by atoms with Gasteiger partial charge in [0.2, 0.25) is 5.91 Å². The molecule has 128 valence electrons. The number of likely N-dealkylation sites (N-methyl/N-ethyl adjacent to an activating group) is 1. The second kappa shape index (κ2) is 6.95. The first-order chi connectivity index (χ1) is 11.6. The Morgan fingerprint density at radius 2 is 2.33 bits per heavy atom. The predicted molar refractivity (Wildman–Crippen MR) is 90.3 cm³/mol. The van der Waals surface area contributed by atoms with Crippen molar-refractivity contribution in [3.05, 3.63) is 42.0 Å². The van der Waals surface area contributed by atoms with Gasteiger partial charge in [-0.1, -0.05) is 12.1 Å². The number of carbonyl (C=O) groups is 1. The summed E-state index contributed by atoms with van der Waals surface area (Å²) in [5.74, 6) is 2.40. The minimum atomic E-state index is -0.154. The minimum Gasteiger partial charge on any atom is -0.493 e. The summed E-state index contributed by atoms with van der Waals surface area (Å²) in [4.78, 5) is 18.7. The third-order valence-corrected chi connectivity index (χ3v) is 4.50. The fourth-order valence-electron chi connectivity index (χ4n) is 3.03. The summed E-state index contributed by atoms with van der Waals surface area (Å²) in [6.07, 6.45) is 4.39. The minimum absolute atomic E-state index is 0.112. The van der Waals surface area contributed by atoms with Crippen molar-refractivity contribution >= 4 is 5.91 Å². The molecule has 0 aliphatic carbocycles. The second-order valence-corrected chi connectivity index (χ2v) is 6.09. The number of fused-ring (bicyclic) bond motifs is 1. The first-order valence-corrected chi connectivity index (χ1v) is 8.11. The molecule has 6 heteroatoms. The third-order valence-electron chi connectivity index (χ3n) is 4.50. The number of benzene rings is 1. The summed E-state index contributed by atoms with van der Waals surface area (Å²) in [5, 5.41) is 0. The number of hydrogen-bond acceptors (Lipinski definition) is 4. The molecule has 0 saturated heterocycles. The molecule has 2 heterocycles. The largest absolute Gasteiger partial charge is 0.493 e. The van der Waals surface area contributed by atoms with Gasteiger partial charge in [-0.3, -0.25) is 4.79 Å². The van der Waals surface area contributed by atoms with Crippen LogP contribution in [0.15, 0.2) is 30.6 Å². The van der Waals surface area contributed by atoms with Crippen LogP contribution in [0.1, 0.15) is 11.4 Å². The van der Waals surface area contributed by atoms with Gasteiger partial charge in [0.1, 0.15) is 12.4 Å². The van der Waals surface area contributed by atoms with Crippen molar-refractivity contribution in [2.24, 2.45) is 5.92 Å². The average Bonchev–Trinajstić information content (AvgIpc) is 3.02. The molecule has 0 spiro atoms. The van der Waals surface area contributed by atoms with Crippen LogP contribution in [0, 0.1) is 12.8 Å². The van der Waals surface area contributed by atoms with Crippen molar-refractivity contribution in [2.45, 2.75) is 19.9 Å². The normalized spacial score (nSPS) is 16.2. The van der Waals surface area contributed by atoms with Gasteiger partial charge >= 0.3 is 0 Å². The van der Waals surface area contributed by atoms with E-state index in [1.807, 2.05) is 42.9 Å². The van der Waals surface area contributed by atoms with Crippen LogP contribution >= 0.6 is 0 Å². The van der Waals surface area contributed by atoms with Gasteiger partial charge in [-0.05, 0) is 25.0 Å². The SMILES string of the molecule is COc1cccc2c1OCC(C(=O)N(C)CCn1ccnc1C)C2. The molecular weight excluding hydrogens is 306 g/mol. The molecule has 1 amide bonds. The lowest BCUT2D eigenvalue weighted by molar-refractivity contribution is -0.135. The number of carbonyl (C=O) groups excluding carboxylic acids is 1. The summed E-state index contributed by atoms with van der Waals surface area (Å²) in [6, 6.07) is 5.80. The molecule has 2 aromatic rings. The third kappa shape index (κ3) is 3.22. The smallest absolute Gasteiger partial charge is 0.229 e. The fourth-order valence-corrected chi connectivity index (χ4v) is 3.03. The van der Waals surface area contributed by atoms with Crippen LogP contribution in [0.2, 0.25) is 0 Å². The highest BCUT2D eigenvalue weighted by Gasteiger charge is 2.29. The molecular formula is C18H23N3O3. The topological polar surface area (TPSA) is 56.6 Å². The lowest BCUT2D eigenvalue weighted by Crippen LogP contribution is -2.40. The standard InChI is InChI=1S/C18H23N3O3/c1-13-19-7-8-21(13)10-9-20(2)18(22)15-11-14-5-4-6-16(23-3)17(14)24-12-15/h4-8,15H,9-12H2,1-3H3. The van der Waals surface area contributed by atoms with Crippen LogP contribution in [0.5, 0.6) is 11.5 Å². The molecule has 1 atom stereocenters. The Morgan fingerprint density at radius 3 is 3.04 bits per heavy atom. The molecule has 1 aromatic carbocycles. The van der Waals surface area contributed by atoms with Gasteiger partial charge in [-0.2, -0.15) is 0 Å². The van der Waals surface area contributed by atoms with E-state index in [-0.39, 0.29) is 11.8 Å². The number of ether oxygens (including phenoxy) is 2. The fraction of sp³-hybridized carbons (Fsp3) is 0.444. The summed E-state index contributed by atoms with van der Waals surface area (Å²) in [7, 11) is 3.47. The highest BCUT2D eigenvalue weighted by molar-refractivity contribution is 5.79. The van der Waals surface area contributed by atoms with Crippen LogP contribution in [0.25, 0.3) is 0 Å². The number of hydrogen-bond donors (Lipinski definition) is 0. The molecule has 0 N–H and O–H groups in total. The molecule has 1 unspecified atom stereocenters. The second-order valence-electron chi connectivity index (χ2n) is 6.09.